The Morgan fingerprint density at radius 2 is 1.89 bits per heavy atom. The van der Waals surface area contributed by atoms with Gasteiger partial charge in [-0.15, -0.1) is 0 Å². The molecule has 0 atom stereocenters. The molecule has 0 bridgehead atoms. The molecule has 1 N–H and O–H groups in total. The molecule has 0 unspecified atom stereocenters. The van der Waals surface area contributed by atoms with Crippen LogP contribution in [0.4, 0.5) is 10.5 Å². The maximum absolute atomic E-state index is 12.5. The second-order valence-electron chi connectivity index (χ2n) is 5.99. The highest BCUT2D eigenvalue weighted by Gasteiger charge is 2.12. The van der Waals surface area contributed by atoms with Gasteiger partial charge in [-0.2, -0.15) is 0 Å². The fourth-order valence-electron chi connectivity index (χ4n) is 2.45. The molecule has 5 nitrogen and oxygen atoms in total. The first-order valence-electron chi connectivity index (χ1n) is 8.34. The monoisotopic (exact) mass is 442 g/mol. The SMILES string of the molecule is Cc1cc(Sc2ncccn2)ccc1NC(=O)N(C)Cc1ccccc1Br. The minimum absolute atomic E-state index is 0.152. The maximum Gasteiger partial charge on any atom is 0.321 e. The Morgan fingerprint density at radius 3 is 2.59 bits per heavy atom. The van der Waals surface area contributed by atoms with Gasteiger partial charge in [0.15, 0.2) is 5.16 Å². The summed E-state index contributed by atoms with van der Waals surface area (Å²) < 4.78 is 0.991. The fraction of sp³-hybridized carbons (Fsp3) is 0.150. The number of anilines is 1. The van der Waals surface area contributed by atoms with Crippen LogP contribution in [0.5, 0.6) is 0 Å². The molecular formula is C20H19BrN4OS. The molecule has 138 valence electrons. The first-order valence-corrected chi connectivity index (χ1v) is 9.95. The molecule has 1 aromatic heterocycles. The van der Waals surface area contributed by atoms with Crippen LogP contribution in [0.25, 0.3) is 0 Å². The molecule has 2 aromatic carbocycles. The second-order valence-corrected chi connectivity index (χ2v) is 7.88. The van der Waals surface area contributed by atoms with Crippen LogP contribution in [0, 0.1) is 6.92 Å². The summed E-state index contributed by atoms with van der Waals surface area (Å²) in [7, 11) is 1.78. The molecule has 3 rings (SSSR count). The van der Waals surface area contributed by atoms with Crippen molar-refractivity contribution in [3.63, 3.8) is 0 Å². The molecule has 0 radical (unpaired) electrons. The first kappa shape index (κ1) is 19.4. The van der Waals surface area contributed by atoms with E-state index in [1.165, 1.54) is 11.8 Å². The zero-order chi connectivity index (χ0) is 19.2. The van der Waals surface area contributed by atoms with Gasteiger partial charge in [0.2, 0.25) is 0 Å². The van der Waals surface area contributed by atoms with Gasteiger partial charge >= 0.3 is 6.03 Å². The van der Waals surface area contributed by atoms with Crippen LogP contribution in [-0.4, -0.2) is 27.9 Å². The van der Waals surface area contributed by atoms with Crippen LogP contribution >= 0.6 is 27.7 Å². The first-order chi connectivity index (χ1) is 13.0. The molecule has 3 aromatic rings. The van der Waals surface area contributed by atoms with Crippen molar-refractivity contribution in [3.05, 3.63) is 76.5 Å². The quantitative estimate of drug-likeness (QED) is 0.540. The van der Waals surface area contributed by atoms with E-state index in [9.17, 15) is 4.79 Å². The minimum Gasteiger partial charge on any atom is -0.323 e. The van der Waals surface area contributed by atoms with E-state index in [1.807, 2.05) is 49.4 Å². The molecule has 1 heterocycles. The second kappa shape index (κ2) is 9.01. The van der Waals surface area contributed by atoms with Crippen LogP contribution in [0.3, 0.4) is 0 Å². The number of amides is 2. The van der Waals surface area contributed by atoms with E-state index in [-0.39, 0.29) is 6.03 Å². The van der Waals surface area contributed by atoms with E-state index < -0.39 is 0 Å². The lowest BCUT2D eigenvalue weighted by molar-refractivity contribution is 0.220. The lowest BCUT2D eigenvalue weighted by atomic mass is 10.2. The van der Waals surface area contributed by atoms with E-state index in [0.29, 0.717) is 11.7 Å². The van der Waals surface area contributed by atoms with Crippen LogP contribution in [0.15, 0.2) is 75.4 Å². The molecule has 0 aliphatic rings. The van der Waals surface area contributed by atoms with Crippen molar-refractivity contribution in [1.29, 1.82) is 0 Å². The highest BCUT2D eigenvalue weighted by molar-refractivity contribution is 9.10. The van der Waals surface area contributed by atoms with Crippen molar-refractivity contribution in [3.8, 4) is 0 Å². The van der Waals surface area contributed by atoms with Crippen LogP contribution in [0.1, 0.15) is 11.1 Å². The third-order valence-electron chi connectivity index (χ3n) is 3.90. The smallest absolute Gasteiger partial charge is 0.321 e. The number of rotatable bonds is 5. The van der Waals surface area contributed by atoms with Gasteiger partial charge < -0.3 is 10.2 Å². The summed E-state index contributed by atoms with van der Waals surface area (Å²) in [5.41, 5.74) is 2.83. The van der Waals surface area contributed by atoms with E-state index >= 15 is 0 Å². The van der Waals surface area contributed by atoms with E-state index in [2.05, 4.69) is 31.2 Å². The van der Waals surface area contributed by atoms with E-state index in [4.69, 9.17) is 0 Å². The number of aromatic nitrogens is 2. The van der Waals surface area contributed by atoms with Crippen molar-refractivity contribution >= 4 is 39.4 Å². The molecule has 0 saturated heterocycles. The van der Waals surface area contributed by atoms with Crippen LogP contribution < -0.4 is 5.32 Å². The molecular weight excluding hydrogens is 424 g/mol. The largest absolute Gasteiger partial charge is 0.323 e. The van der Waals surface area contributed by atoms with E-state index in [1.54, 1.807) is 30.4 Å². The van der Waals surface area contributed by atoms with Crippen LogP contribution in [-0.2, 0) is 6.54 Å². The molecule has 0 aliphatic carbocycles. The summed E-state index contributed by atoms with van der Waals surface area (Å²) in [5.74, 6) is 0. The van der Waals surface area contributed by atoms with Crippen molar-refractivity contribution < 1.29 is 4.79 Å². The normalized spacial score (nSPS) is 10.5. The number of nitrogens with zero attached hydrogens (tertiary/aromatic N) is 3. The number of benzene rings is 2. The van der Waals surface area contributed by atoms with Crippen LogP contribution in [0.2, 0.25) is 0 Å². The Balaban J connectivity index is 1.64. The van der Waals surface area contributed by atoms with Gasteiger partial charge in [-0.25, -0.2) is 14.8 Å². The average molecular weight is 443 g/mol. The Bertz CT molecular complexity index is 936. The Labute approximate surface area is 171 Å². The molecule has 0 aliphatic heterocycles. The Morgan fingerprint density at radius 1 is 1.15 bits per heavy atom. The third-order valence-corrected chi connectivity index (χ3v) is 5.56. The predicted octanol–water partition coefficient (Wildman–Crippen LogP) is 5.36. The lowest BCUT2D eigenvalue weighted by Crippen LogP contribution is -2.31. The van der Waals surface area contributed by atoms with Gasteiger partial charge in [-0.05, 0) is 60.1 Å². The molecule has 7 heteroatoms. The molecule has 27 heavy (non-hydrogen) atoms. The van der Waals surface area contributed by atoms with Gasteiger partial charge in [-0.3, -0.25) is 0 Å². The Hall–Kier alpha value is -2.38. The third kappa shape index (κ3) is 5.30. The van der Waals surface area contributed by atoms with Gasteiger partial charge in [-0.1, -0.05) is 34.1 Å². The van der Waals surface area contributed by atoms with Gasteiger partial charge in [0.05, 0.1) is 0 Å². The minimum atomic E-state index is -0.152. The van der Waals surface area contributed by atoms with Gasteiger partial charge in [0, 0.05) is 41.0 Å². The summed E-state index contributed by atoms with van der Waals surface area (Å²) in [5, 5.41) is 3.67. The molecule has 0 saturated carbocycles. The Kier molecular flexibility index (Phi) is 6.47. The number of hydrogen-bond donors (Lipinski definition) is 1. The number of halogens is 1. The number of hydrogen-bond acceptors (Lipinski definition) is 4. The predicted molar refractivity (Wildman–Crippen MR) is 112 cm³/mol. The number of carbonyl (C=O) groups is 1. The summed E-state index contributed by atoms with van der Waals surface area (Å²) in [6, 6.07) is 15.4. The van der Waals surface area contributed by atoms with Crippen molar-refractivity contribution in [2.45, 2.75) is 23.5 Å². The summed E-state index contributed by atoms with van der Waals surface area (Å²) >= 11 is 5.01. The van der Waals surface area contributed by atoms with Crippen molar-refractivity contribution in [2.75, 3.05) is 12.4 Å². The highest BCUT2D eigenvalue weighted by atomic mass is 79.9. The average Bonchev–Trinajstić information content (AvgIpc) is 2.66. The fourth-order valence-corrected chi connectivity index (χ4v) is 3.67. The number of aryl methyl sites for hydroxylation is 1. The number of nitrogens with one attached hydrogen (secondary N) is 1. The lowest BCUT2D eigenvalue weighted by Gasteiger charge is -2.19. The molecule has 0 fully saturated rings. The van der Waals surface area contributed by atoms with E-state index in [0.717, 1.165) is 26.2 Å². The standard InChI is InChI=1S/C20H19BrN4OS/c1-14-12-16(27-19-22-10-5-11-23-19)8-9-18(14)24-20(26)25(2)13-15-6-3-4-7-17(15)21/h3-12H,13H2,1-2H3,(H,24,26). The maximum atomic E-state index is 12.5. The topological polar surface area (TPSA) is 58.1 Å². The number of urea groups is 1. The zero-order valence-electron chi connectivity index (χ0n) is 15.0. The molecule has 2 amide bonds. The number of carbonyl (C=O) groups excluding carboxylic acids is 1. The summed E-state index contributed by atoms with van der Waals surface area (Å²) in [6.45, 7) is 2.49. The molecule has 0 spiro atoms. The van der Waals surface area contributed by atoms with Crippen molar-refractivity contribution in [1.82, 2.24) is 14.9 Å². The van der Waals surface area contributed by atoms with Gasteiger partial charge in [0.25, 0.3) is 0 Å². The summed E-state index contributed by atoms with van der Waals surface area (Å²) in [6.07, 6.45) is 3.44. The zero-order valence-corrected chi connectivity index (χ0v) is 17.4. The highest BCUT2D eigenvalue weighted by Crippen LogP contribution is 2.28. The van der Waals surface area contributed by atoms with Gasteiger partial charge in [0.1, 0.15) is 0 Å². The summed E-state index contributed by atoms with van der Waals surface area (Å²) in [4.78, 5) is 23.6. The van der Waals surface area contributed by atoms with Crippen molar-refractivity contribution in [2.24, 2.45) is 0 Å².